The van der Waals surface area contributed by atoms with E-state index >= 15 is 0 Å². The standard InChI is InChI=1S/C33H30N6O4/c1-3-42-29(40)23-15-19-25(20-16-23)34-31-36-32(35-26-21-17-24(18-22-26)30(41)43-4-2)38-33(37-31)39(27-11-7-5-8-12-27)28-13-9-6-10-14-28/h5-22H,3-4H2,1-2H3,(H2,34,35,36,37,38). The van der Waals surface area contributed by atoms with Gasteiger partial charge in [0.1, 0.15) is 0 Å². The zero-order valence-corrected chi connectivity index (χ0v) is 23.7. The van der Waals surface area contributed by atoms with Crippen LogP contribution in [0, 0.1) is 0 Å². The van der Waals surface area contributed by atoms with Crippen LogP contribution < -0.4 is 15.5 Å². The zero-order chi connectivity index (χ0) is 30.0. The highest BCUT2D eigenvalue weighted by atomic mass is 16.5. The molecule has 5 rings (SSSR count). The van der Waals surface area contributed by atoms with Crippen molar-refractivity contribution in [3.63, 3.8) is 0 Å². The summed E-state index contributed by atoms with van der Waals surface area (Å²) in [5.41, 5.74) is 3.93. The van der Waals surface area contributed by atoms with Gasteiger partial charge in [-0.05, 0) is 86.6 Å². The maximum atomic E-state index is 12.1. The Labute approximate surface area is 249 Å². The lowest BCUT2D eigenvalue weighted by Crippen LogP contribution is -2.16. The largest absolute Gasteiger partial charge is 0.462 e. The van der Waals surface area contributed by atoms with Gasteiger partial charge in [-0.2, -0.15) is 15.0 Å². The molecule has 0 saturated heterocycles. The highest BCUT2D eigenvalue weighted by Gasteiger charge is 2.18. The number of nitrogens with zero attached hydrogens (tertiary/aromatic N) is 4. The Bertz CT molecular complexity index is 1540. The summed E-state index contributed by atoms with van der Waals surface area (Å²) in [6.07, 6.45) is 0. The van der Waals surface area contributed by atoms with Gasteiger partial charge in [-0.15, -0.1) is 0 Å². The van der Waals surface area contributed by atoms with Gasteiger partial charge in [0.05, 0.1) is 24.3 Å². The van der Waals surface area contributed by atoms with Crippen LogP contribution >= 0.6 is 0 Å². The van der Waals surface area contributed by atoms with E-state index < -0.39 is 11.9 Å². The van der Waals surface area contributed by atoms with Crippen molar-refractivity contribution in [3.8, 4) is 0 Å². The number of nitrogens with one attached hydrogen (secondary N) is 2. The Hall–Kier alpha value is -5.77. The van der Waals surface area contributed by atoms with Crippen molar-refractivity contribution < 1.29 is 19.1 Å². The fraction of sp³-hybridized carbons (Fsp3) is 0.121. The summed E-state index contributed by atoms with van der Waals surface area (Å²) in [6.45, 7) is 4.13. The van der Waals surface area contributed by atoms with Crippen LogP contribution in [-0.2, 0) is 9.47 Å². The van der Waals surface area contributed by atoms with Crippen molar-refractivity contribution in [2.75, 3.05) is 28.7 Å². The molecule has 5 aromatic rings. The van der Waals surface area contributed by atoms with Crippen molar-refractivity contribution in [2.24, 2.45) is 0 Å². The van der Waals surface area contributed by atoms with Gasteiger partial charge in [0.25, 0.3) is 0 Å². The minimum atomic E-state index is -0.390. The molecule has 1 aromatic heterocycles. The van der Waals surface area contributed by atoms with E-state index in [1.54, 1.807) is 62.4 Å². The molecule has 10 nitrogen and oxygen atoms in total. The quantitative estimate of drug-likeness (QED) is 0.157. The van der Waals surface area contributed by atoms with Crippen LogP contribution in [0.3, 0.4) is 0 Å². The third kappa shape index (κ3) is 7.31. The summed E-state index contributed by atoms with van der Waals surface area (Å²) < 4.78 is 10.2. The van der Waals surface area contributed by atoms with Crippen LogP contribution in [-0.4, -0.2) is 40.1 Å². The summed E-state index contributed by atoms with van der Waals surface area (Å²) in [4.78, 5) is 40.3. The molecule has 0 aliphatic heterocycles. The van der Waals surface area contributed by atoms with E-state index in [-0.39, 0.29) is 11.9 Å². The van der Waals surface area contributed by atoms with Crippen molar-refractivity contribution in [2.45, 2.75) is 13.8 Å². The van der Waals surface area contributed by atoms with Crippen LogP contribution in [0.2, 0.25) is 0 Å². The van der Waals surface area contributed by atoms with Gasteiger partial charge in [-0.25, -0.2) is 9.59 Å². The second kappa shape index (κ2) is 13.7. The SMILES string of the molecule is CCOC(=O)c1ccc(Nc2nc(Nc3ccc(C(=O)OCC)cc3)nc(N(c3ccccc3)c3ccccc3)n2)cc1. The van der Waals surface area contributed by atoms with E-state index in [4.69, 9.17) is 19.4 Å². The lowest BCUT2D eigenvalue weighted by molar-refractivity contribution is 0.0517. The molecule has 10 heteroatoms. The van der Waals surface area contributed by atoms with Crippen LogP contribution in [0.1, 0.15) is 34.6 Å². The van der Waals surface area contributed by atoms with Crippen molar-refractivity contribution >= 4 is 52.5 Å². The Morgan fingerprint density at radius 2 is 0.977 bits per heavy atom. The zero-order valence-electron chi connectivity index (χ0n) is 23.7. The first-order chi connectivity index (χ1) is 21.0. The number of benzene rings is 4. The second-order valence-electron chi connectivity index (χ2n) is 9.13. The van der Waals surface area contributed by atoms with Crippen molar-refractivity contribution in [1.82, 2.24) is 15.0 Å². The fourth-order valence-electron chi connectivity index (χ4n) is 4.18. The van der Waals surface area contributed by atoms with E-state index in [9.17, 15) is 9.59 Å². The topological polar surface area (TPSA) is 119 Å². The average Bonchev–Trinajstić information content (AvgIpc) is 3.03. The first-order valence-corrected chi connectivity index (χ1v) is 13.8. The van der Waals surface area contributed by atoms with Crippen LogP contribution in [0.4, 0.5) is 40.6 Å². The number of anilines is 7. The number of esters is 2. The first kappa shape index (κ1) is 28.7. The van der Waals surface area contributed by atoms with Crippen LogP contribution in [0.15, 0.2) is 109 Å². The van der Waals surface area contributed by atoms with E-state index in [2.05, 4.69) is 15.6 Å². The molecule has 43 heavy (non-hydrogen) atoms. The minimum absolute atomic E-state index is 0.274. The van der Waals surface area contributed by atoms with Gasteiger partial charge in [-0.1, -0.05) is 36.4 Å². The van der Waals surface area contributed by atoms with E-state index in [0.29, 0.717) is 41.7 Å². The number of aromatic nitrogens is 3. The molecule has 4 aromatic carbocycles. The fourth-order valence-corrected chi connectivity index (χ4v) is 4.18. The number of hydrogen-bond acceptors (Lipinski definition) is 10. The van der Waals surface area contributed by atoms with Gasteiger partial charge in [0, 0.05) is 22.7 Å². The Morgan fingerprint density at radius 3 is 1.35 bits per heavy atom. The smallest absolute Gasteiger partial charge is 0.338 e. The summed E-state index contributed by atoms with van der Waals surface area (Å²) >= 11 is 0. The third-order valence-electron chi connectivity index (χ3n) is 6.16. The molecule has 0 saturated carbocycles. The van der Waals surface area contributed by atoms with Gasteiger partial charge >= 0.3 is 11.9 Å². The van der Waals surface area contributed by atoms with Crippen LogP contribution in [0.25, 0.3) is 0 Å². The molecule has 1 heterocycles. The molecule has 0 aliphatic rings. The van der Waals surface area contributed by atoms with Gasteiger partial charge in [0.2, 0.25) is 17.8 Å². The number of ether oxygens (including phenoxy) is 2. The normalized spacial score (nSPS) is 10.5. The maximum absolute atomic E-state index is 12.1. The van der Waals surface area contributed by atoms with Crippen molar-refractivity contribution in [3.05, 3.63) is 120 Å². The highest BCUT2D eigenvalue weighted by molar-refractivity contribution is 5.90. The maximum Gasteiger partial charge on any atom is 0.338 e. The predicted molar refractivity (Wildman–Crippen MR) is 166 cm³/mol. The van der Waals surface area contributed by atoms with Gasteiger partial charge in [0.15, 0.2) is 0 Å². The monoisotopic (exact) mass is 574 g/mol. The number of rotatable bonds is 11. The number of carbonyl (C=O) groups excluding carboxylic acids is 2. The first-order valence-electron chi connectivity index (χ1n) is 13.8. The molecule has 0 radical (unpaired) electrons. The Balaban J connectivity index is 1.52. The molecule has 216 valence electrons. The molecule has 2 N–H and O–H groups in total. The number of para-hydroxylation sites is 2. The lowest BCUT2D eigenvalue weighted by atomic mass is 10.2. The molecule has 0 aliphatic carbocycles. The molecule has 0 bridgehead atoms. The molecule has 0 atom stereocenters. The van der Waals surface area contributed by atoms with E-state index in [1.807, 2.05) is 65.6 Å². The lowest BCUT2D eigenvalue weighted by Gasteiger charge is -2.24. The Morgan fingerprint density at radius 1 is 0.581 bits per heavy atom. The summed E-state index contributed by atoms with van der Waals surface area (Å²) in [7, 11) is 0. The van der Waals surface area contributed by atoms with E-state index in [1.165, 1.54) is 0 Å². The highest BCUT2D eigenvalue weighted by Crippen LogP contribution is 2.33. The molecule has 0 fully saturated rings. The second-order valence-corrected chi connectivity index (χ2v) is 9.13. The molecule has 0 amide bonds. The molecular formula is C33H30N6O4. The predicted octanol–water partition coefficient (Wildman–Crippen LogP) is 7.18. The summed E-state index contributed by atoms with van der Waals surface area (Å²) in [5, 5.41) is 6.44. The minimum Gasteiger partial charge on any atom is -0.462 e. The Kier molecular flexibility index (Phi) is 9.18. The summed E-state index contributed by atoms with van der Waals surface area (Å²) in [5.74, 6) is 0.133. The molecular weight excluding hydrogens is 544 g/mol. The van der Waals surface area contributed by atoms with E-state index in [0.717, 1.165) is 11.4 Å². The summed E-state index contributed by atoms with van der Waals surface area (Å²) in [6, 6.07) is 33.3. The number of hydrogen-bond donors (Lipinski definition) is 2. The van der Waals surface area contributed by atoms with Gasteiger partial charge < -0.3 is 20.1 Å². The average molecular weight is 575 g/mol. The van der Waals surface area contributed by atoms with Crippen molar-refractivity contribution in [1.29, 1.82) is 0 Å². The molecule has 0 spiro atoms. The third-order valence-corrected chi connectivity index (χ3v) is 6.16. The number of carbonyl (C=O) groups is 2. The van der Waals surface area contributed by atoms with Gasteiger partial charge in [-0.3, -0.25) is 4.90 Å². The molecule has 0 unspecified atom stereocenters. The van der Waals surface area contributed by atoms with Crippen LogP contribution in [0.5, 0.6) is 0 Å².